The number of amides is 3. The van der Waals surface area contributed by atoms with E-state index < -0.39 is 62.3 Å². The number of halogens is 1. The summed E-state index contributed by atoms with van der Waals surface area (Å²) in [6.45, 7) is 5.30. The van der Waals surface area contributed by atoms with Crippen LogP contribution in [0.25, 0.3) is 22.3 Å². The predicted octanol–water partition coefficient (Wildman–Crippen LogP) is 4.45. The monoisotopic (exact) mass is 721 g/mol. The summed E-state index contributed by atoms with van der Waals surface area (Å²) in [4.78, 5) is 52.8. The third-order valence-corrected chi connectivity index (χ3v) is 12.0. The third-order valence-electron chi connectivity index (χ3n) is 10.3. The minimum atomic E-state index is -3.96. The lowest BCUT2D eigenvalue weighted by Crippen LogP contribution is -2.54. The first kappa shape index (κ1) is 36.2. The smallest absolute Gasteiger partial charge is 0.259 e. The lowest BCUT2D eigenvalue weighted by Gasteiger charge is -2.27. The lowest BCUT2D eigenvalue weighted by atomic mass is 9.93. The van der Waals surface area contributed by atoms with Crippen molar-refractivity contribution in [2.45, 2.75) is 76.2 Å². The summed E-state index contributed by atoms with van der Waals surface area (Å²) in [6, 6.07) is 9.47. The zero-order chi connectivity index (χ0) is 36.7. The van der Waals surface area contributed by atoms with E-state index in [-0.39, 0.29) is 36.9 Å². The van der Waals surface area contributed by atoms with Gasteiger partial charge >= 0.3 is 0 Å². The van der Waals surface area contributed by atoms with E-state index in [1.165, 1.54) is 26.0 Å². The van der Waals surface area contributed by atoms with Crippen molar-refractivity contribution in [1.82, 2.24) is 24.9 Å². The number of aromatic nitrogens is 2. The molecule has 12 nitrogen and oxygen atoms in total. The molecule has 6 rings (SSSR count). The number of rotatable bonds is 7. The van der Waals surface area contributed by atoms with E-state index in [9.17, 15) is 27.2 Å². The Hall–Kier alpha value is -4.59. The number of benzene rings is 2. The summed E-state index contributed by atoms with van der Waals surface area (Å²) >= 11 is 0. The first-order valence-corrected chi connectivity index (χ1v) is 18.9. The van der Waals surface area contributed by atoms with Crippen molar-refractivity contribution in [3.8, 4) is 23.0 Å². The molecule has 2 aromatic carbocycles. The minimum absolute atomic E-state index is 0.133. The van der Waals surface area contributed by atoms with Crippen LogP contribution in [0.4, 0.5) is 4.39 Å². The Balaban J connectivity index is 1.35. The summed E-state index contributed by atoms with van der Waals surface area (Å²) in [6.07, 6.45) is 6.01. The number of nitrogens with zero attached hydrogens (tertiary/aromatic N) is 3. The summed E-state index contributed by atoms with van der Waals surface area (Å²) in [7, 11) is -0.689. The van der Waals surface area contributed by atoms with Crippen LogP contribution in [0.5, 0.6) is 11.6 Å². The minimum Gasteiger partial charge on any atom is -0.496 e. The van der Waals surface area contributed by atoms with Gasteiger partial charge in [-0.2, -0.15) is 4.98 Å². The van der Waals surface area contributed by atoms with E-state index >= 15 is 0 Å². The normalized spacial score (nSPS) is 25.5. The average molecular weight is 722 g/mol. The van der Waals surface area contributed by atoms with Crippen LogP contribution in [0.1, 0.15) is 57.9 Å². The summed E-state index contributed by atoms with van der Waals surface area (Å²) in [5.74, 6) is -2.98. The molecule has 3 aliphatic rings. The predicted molar refractivity (Wildman–Crippen MR) is 189 cm³/mol. The second-order valence-electron chi connectivity index (χ2n) is 14.1. The number of sulfonamides is 1. The largest absolute Gasteiger partial charge is 0.496 e. The molecule has 2 heterocycles. The molecular formula is C37H44FN5O7S. The maximum absolute atomic E-state index is 14.3. The Kier molecular flexibility index (Phi) is 10.1. The Morgan fingerprint density at radius 3 is 2.61 bits per heavy atom. The SMILES string of the molecule is COc1ccc2c(OC3CC4C(=O)NC5(C(=O)NS(=O)(=O)C(C)C)CC5C=CCCCCN(C)C(=O)C4C3)nc(-c3cccc(F)c3)nc2c1C. The van der Waals surface area contributed by atoms with Crippen molar-refractivity contribution < 1.29 is 36.7 Å². The molecule has 1 aliphatic heterocycles. The molecule has 5 atom stereocenters. The molecule has 5 unspecified atom stereocenters. The van der Waals surface area contributed by atoms with Crippen LogP contribution < -0.4 is 19.5 Å². The Morgan fingerprint density at radius 1 is 1.12 bits per heavy atom. The molecule has 272 valence electrons. The highest BCUT2D eigenvalue weighted by atomic mass is 32.2. The molecule has 2 fully saturated rings. The van der Waals surface area contributed by atoms with Gasteiger partial charge in [0.1, 0.15) is 23.2 Å². The Labute approximate surface area is 297 Å². The molecular weight excluding hydrogens is 678 g/mol. The number of ether oxygens (including phenoxy) is 2. The van der Waals surface area contributed by atoms with Gasteiger partial charge in [0.25, 0.3) is 5.91 Å². The van der Waals surface area contributed by atoms with E-state index in [0.29, 0.717) is 35.2 Å². The number of carbonyl (C=O) groups excluding carboxylic acids is 3. The highest BCUT2D eigenvalue weighted by Crippen LogP contribution is 2.47. The van der Waals surface area contributed by atoms with E-state index in [0.717, 1.165) is 18.4 Å². The second-order valence-corrected chi connectivity index (χ2v) is 16.3. The maximum Gasteiger partial charge on any atom is 0.259 e. The quantitative estimate of drug-likeness (QED) is 0.337. The van der Waals surface area contributed by atoms with Crippen molar-refractivity contribution in [3.05, 3.63) is 59.9 Å². The first-order chi connectivity index (χ1) is 24.2. The lowest BCUT2D eigenvalue weighted by molar-refractivity contribution is -0.140. The molecule has 14 heteroatoms. The van der Waals surface area contributed by atoms with Crippen LogP contribution in [0, 0.1) is 30.5 Å². The van der Waals surface area contributed by atoms with Gasteiger partial charge in [0.05, 0.1) is 35.1 Å². The number of carbonyl (C=O) groups is 3. The molecule has 2 aliphatic carbocycles. The number of nitrogens with one attached hydrogen (secondary N) is 2. The zero-order valence-corrected chi connectivity index (χ0v) is 30.3. The Bertz CT molecular complexity index is 2000. The third kappa shape index (κ3) is 7.28. The standard InChI is InChI=1S/C37H44FN5O7S/c1-21(2)51(47,48)42-36(46)37-20-24(37)12-8-6-7-9-16-43(4)35(45)29-19-26(18-28(29)33(44)41-37)50-34-27-14-15-30(49-5)22(3)31(27)39-32(40-34)23-11-10-13-25(38)17-23/h8,10-15,17,21,24,26,28-29H,6-7,9,16,18-20H2,1-5H3,(H,41,44)(H,42,46). The van der Waals surface area contributed by atoms with Crippen molar-refractivity contribution in [2.75, 3.05) is 20.7 Å². The van der Waals surface area contributed by atoms with Gasteiger partial charge in [0.2, 0.25) is 27.7 Å². The summed E-state index contributed by atoms with van der Waals surface area (Å²) < 4.78 is 53.9. The fraction of sp³-hybridized carbons (Fsp3) is 0.486. The molecule has 0 saturated heterocycles. The van der Waals surface area contributed by atoms with Crippen LogP contribution in [-0.2, 0) is 24.4 Å². The molecule has 3 aromatic rings. The van der Waals surface area contributed by atoms with Gasteiger partial charge in [-0.05, 0) is 83.6 Å². The van der Waals surface area contributed by atoms with Crippen LogP contribution in [0.2, 0.25) is 0 Å². The molecule has 0 spiro atoms. The van der Waals surface area contributed by atoms with Crippen LogP contribution in [0.3, 0.4) is 0 Å². The van der Waals surface area contributed by atoms with Crippen LogP contribution in [0.15, 0.2) is 48.6 Å². The fourth-order valence-corrected chi connectivity index (χ4v) is 7.73. The number of fused-ring (bicyclic) bond motifs is 3. The summed E-state index contributed by atoms with van der Waals surface area (Å²) in [5.41, 5.74) is 0.251. The number of hydrogen-bond donors (Lipinski definition) is 2. The molecule has 2 N–H and O–H groups in total. The molecule has 51 heavy (non-hydrogen) atoms. The van der Waals surface area contributed by atoms with Gasteiger partial charge in [0, 0.05) is 30.6 Å². The van der Waals surface area contributed by atoms with Gasteiger partial charge in [-0.15, -0.1) is 0 Å². The van der Waals surface area contributed by atoms with Gasteiger partial charge in [0.15, 0.2) is 5.82 Å². The summed E-state index contributed by atoms with van der Waals surface area (Å²) in [5, 5.41) is 2.62. The highest BCUT2D eigenvalue weighted by Gasteiger charge is 2.62. The topological polar surface area (TPSA) is 157 Å². The Morgan fingerprint density at radius 2 is 1.88 bits per heavy atom. The van der Waals surface area contributed by atoms with Gasteiger partial charge in [-0.3, -0.25) is 19.1 Å². The molecule has 1 aromatic heterocycles. The number of methoxy groups -OCH3 is 1. The van der Waals surface area contributed by atoms with Crippen LogP contribution >= 0.6 is 0 Å². The van der Waals surface area contributed by atoms with Crippen molar-refractivity contribution in [1.29, 1.82) is 0 Å². The molecule has 0 radical (unpaired) electrons. The fourth-order valence-electron chi connectivity index (χ4n) is 7.06. The number of hydrogen-bond acceptors (Lipinski definition) is 9. The highest BCUT2D eigenvalue weighted by molar-refractivity contribution is 7.90. The van der Waals surface area contributed by atoms with Crippen molar-refractivity contribution in [2.24, 2.45) is 17.8 Å². The van der Waals surface area contributed by atoms with E-state index in [4.69, 9.17) is 19.4 Å². The molecule has 2 saturated carbocycles. The second kappa shape index (κ2) is 14.2. The first-order valence-electron chi connectivity index (χ1n) is 17.3. The van der Waals surface area contributed by atoms with Crippen LogP contribution in [-0.4, -0.2) is 78.6 Å². The van der Waals surface area contributed by atoms with E-state index in [2.05, 4.69) is 10.0 Å². The average Bonchev–Trinajstić information content (AvgIpc) is 3.62. The molecule has 3 amide bonds. The zero-order valence-electron chi connectivity index (χ0n) is 29.4. The maximum atomic E-state index is 14.3. The van der Waals surface area contributed by atoms with Gasteiger partial charge < -0.3 is 19.7 Å². The van der Waals surface area contributed by atoms with Gasteiger partial charge in [-0.25, -0.2) is 17.8 Å². The number of aryl methyl sites for hydroxylation is 1. The molecule has 0 bridgehead atoms. The van der Waals surface area contributed by atoms with Gasteiger partial charge in [-0.1, -0.05) is 24.3 Å². The van der Waals surface area contributed by atoms with E-state index in [1.807, 2.05) is 19.1 Å². The van der Waals surface area contributed by atoms with Crippen molar-refractivity contribution in [3.63, 3.8) is 0 Å². The van der Waals surface area contributed by atoms with Crippen molar-refractivity contribution >= 4 is 38.6 Å². The van der Waals surface area contributed by atoms with E-state index in [1.54, 1.807) is 43.3 Å². The number of allylic oxidation sites excluding steroid dienone is 1.